The van der Waals surface area contributed by atoms with Crippen LogP contribution in [0.4, 0.5) is 5.69 Å². The number of rotatable bonds is 3. The molecular weight excluding hydrogens is 280 g/mol. The van der Waals surface area contributed by atoms with Crippen molar-refractivity contribution < 1.29 is 14.2 Å². The number of ether oxygens (including phenoxy) is 3. The Hall–Kier alpha value is -2.14. The van der Waals surface area contributed by atoms with Gasteiger partial charge in [-0.15, -0.1) is 0 Å². The summed E-state index contributed by atoms with van der Waals surface area (Å²) in [6.07, 6.45) is 3.15. The first-order chi connectivity index (χ1) is 9.72. The van der Waals surface area contributed by atoms with Crippen LogP contribution in [-0.2, 0) is 6.61 Å². The minimum absolute atomic E-state index is 0.310. The average Bonchev–Trinajstić information content (AvgIpc) is 2.45. The molecule has 1 aliphatic rings. The van der Waals surface area contributed by atoms with Crippen LogP contribution in [0.1, 0.15) is 5.56 Å². The Labute approximate surface area is 121 Å². The third kappa shape index (κ3) is 2.72. The van der Waals surface area contributed by atoms with E-state index in [0.29, 0.717) is 47.8 Å². The molecule has 2 aromatic rings. The van der Waals surface area contributed by atoms with E-state index in [4.69, 9.17) is 31.5 Å². The fraction of sp³-hybridized carbons (Fsp3) is 0.214. The van der Waals surface area contributed by atoms with E-state index in [2.05, 4.69) is 4.98 Å². The van der Waals surface area contributed by atoms with E-state index >= 15 is 0 Å². The Morgan fingerprint density at radius 3 is 2.65 bits per heavy atom. The van der Waals surface area contributed by atoms with E-state index in [0.717, 1.165) is 5.56 Å². The molecule has 6 heteroatoms. The number of nitrogen functional groups attached to an aromatic ring is 1. The van der Waals surface area contributed by atoms with Crippen LogP contribution in [0.3, 0.4) is 0 Å². The quantitative estimate of drug-likeness (QED) is 0.881. The van der Waals surface area contributed by atoms with Gasteiger partial charge in [-0.2, -0.15) is 0 Å². The fourth-order valence-corrected chi connectivity index (χ4v) is 2.07. The molecule has 0 radical (unpaired) electrons. The topological polar surface area (TPSA) is 66.6 Å². The van der Waals surface area contributed by atoms with Gasteiger partial charge in [0.2, 0.25) is 0 Å². The molecule has 0 unspecified atom stereocenters. The van der Waals surface area contributed by atoms with Crippen molar-refractivity contribution in [2.45, 2.75) is 6.61 Å². The minimum Gasteiger partial charge on any atom is -0.487 e. The summed E-state index contributed by atoms with van der Waals surface area (Å²) < 4.78 is 16.6. The normalized spacial score (nSPS) is 13.1. The van der Waals surface area contributed by atoms with Gasteiger partial charge in [-0.05, 0) is 6.07 Å². The van der Waals surface area contributed by atoms with Gasteiger partial charge in [-0.3, -0.25) is 4.98 Å². The van der Waals surface area contributed by atoms with Crippen molar-refractivity contribution in [3.05, 3.63) is 41.2 Å². The fourth-order valence-electron chi connectivity index (χ4n) is 1.90. The lowest BCUT2D eigenvalue weighted by Crippen LogP contribution is -2.16. The number of hydrogen-bond donors (Lipinski definition) is 1. The maximum absolute atomic E-state index is 5.98. The average molecular weight is 293 g/mol. The molecule has 0 saturated carbocycles. The van der Waals surface area contributed by atoms with E-state index in [1.165, 1.54) is 0 Å². The van der Waals surface area contributed by atoms with Gasteiger partial charge >= 0.3 is 0 Å². The van der Waals surface area contributed by atoms with Crippen LogP contribution in [0.2, 0.25) is 5.02 Å². The van der Waals surface area contributed by atoms with Gasteiger partial charge in [0.25, 0.3) is 0 Å². The first-order valence-corrected chi connectivity index (χ1v) is 6.51. The molecule has 2 N–H and O–H groups in total. The van der Waals surface area contributed by atoms with E-state index in [1.807, 2.05) is 6.07 Å². The molecule has 0 aliphatic carbocycles. The lowest BCUT2D eigenvalue weighted by Gasteiger charge is -2.20. The van der Waals surface area contributed by atoms with Crippen LogP contribution in [0.15, 0.2) is 30.6 Å². The predicted octanol–water partition coefficient (Wildman–Crippen LogP) is 2.67. The van der Waals surface area contributed by atoms with Crippen molar-refractivity contribution >= 4 is 17.3 Å². The van der Waals surface area contributed by atoms with E-state index in [-0.39, 0.29) is 0 Å². The zero-order chi connectivity index (χ0) is 13.9. The van der Waals surface area contributed by atoms with E-state index in [1.54, 1.807) is 24.5 Å². The van der Waals surface area contributed by atoms with Crippen LogP contribution in [0.5, 0.6) is 17.2 Å². The van der Waals surface area contributed by atoms with Gasteiger partial charge in [0.05, 0.1) is 11.2 Å². The smallest absolute Gasteiger partial charge is 0.163 e. The number of nitrogens with zero attached hydrogens (tertiary/aromatic N) is 1. The summed E-state index contributed by atoms with van der Waals surface area (Å²) in [5.74, 6) is 1.95. The van der Waals surface area contributed by atoms with Crippen molar-refractivity contribution in [2.24, 2.45) is 0 Å². The predicted molar refractivity (Wildman–Crippen MR) is 75.4 cm³/mol. The first-order valence-electron chi connectivity index (χ1n) is 6.14. The summed E-state index contributed by atoms with van der Waals surface area (Å²) in [5, 5.41) is 0.526. The second-order valence-corrected chi connectivity index (χ2v) is 4.76. The Bertz CT molecular complexity index is 634. The molecule has 3 rings (SSSR count). The molecule has 1 aromatic carbocycles. The number of aromatic nitrogens is 1. The third-order valence-electron chi connectivity index (χ3n) is 2.88. The van der Waals surface area contributed by atoms with Crippen LogP contribution < -0.4 is 19.9 Å². The highest BCUT2D eigenvalue weighted by molar-refractivity contribution is 6.30. The molecule has 0 amide bonds. The Morgan fingerprint density at radius 1 is 1.15 bits per heavy atom. The van der Waals surface area contributed by atoms with Gasteiger partial charge < -0.3 is 19.9 Å². The number of halogens is 1. The Balaban J connectivity index is 1.77. The van der Waals surface area contributed by atoms with Gasteiger partial charge in [-0.25, -0.2) is 0 Å². The summed E-state index contributed by atoms with van der Waals surface area (Å²) in [6.45, 7) is 1.39. The third-order valence-corrected chi connectivity index (χ3v) is 3.08. The molecule has 104 valence electrons. The second-order valence-electron chi connectivity index (χ2n) is 4.32. The van der Waals surface area contributed by atoms with Crippen molar-refractivity contribution in [1.29, 1.82) is 0 Å². The number of pyridine rings is 1. The largest absolute Gasteiger partial charge is 0.487 e. The van der Waals surface area contributed by atoms with Gasteiger partial charge in [0.15, 0.2) is 11.5 Å². The Kier molecular flexibility index (Phi) is 3.52. The van der Waals surface area contributed by atoms with Gasteiger partial charge in [0, 0.05) is 29.6 Å². The highest BCUT2D eigenvalue weighted by atomic mass is 35.5. The summed E-state index contributed by atoms with van der Waals surface area (Å²) in [6, 6.07) is 5.29. The summed E-state index contributed by atoms with van der Waals surface area (Å²) in [7, 11) is 0. The number of benzene rings is 1. The molecule has 0 atom stereocenters. The molecule has 0 saturated heterocycles. The summed E-state index contributed by atoms with van der Waals surface area (Å²) in [4.78, 5) is 3.96. The first kappa shape index (κ1) is 12.9. The standard InChI is InChI=1S/C14H13ClN2O3/c15-10-4-11(7-17-6-10)20-8-9-3-13-14(5-12(9)16)19-2-1-18-13/h3-7H,1-2,8,16H2. The van der Waals surface area contributed by atoms with Crippen LogP contribution in [0.25, 0.3) is 0 Å². The van der Waals surface area contributed by atoms with Crippen molar-refractivity contribution in [2.75, 3.05) is 18.9 Å². The molecule has 0 spiro atoms. The number of fused-ring (bicyclic) bond motifs is 1. The molecule has 5 nitrogen and oxygen atoms in total. The number of anilines is 1. The molecule has 1 aliphatic heterocycles. The lowest BCUT2D eigenvalue weighted by atomic mass is 10.1. The minimum atomic E-state index is 0.310. The number of hydrogen-bond acceptors (Lipinski definition) is 5. The monoisotopic (exact) mass is 292 g/mol. The Morgan fingerprint density at radius 2 is 1.90 bits per heavy atom. The summed E-state index contributed by atoms with van der Waals surface area (Å²) >= 11 is 5.85. The van der Waals surface area contributed by atoms with E-state index < -0.39 is 0 Å². The molecular formula is C14H13ClN2O3. The van der Waals surface area contributed by atoms with Crippen LogP contribution in [0, 0.1) is 0 Å². The second kappa shape index (κ2) is 5.46. The maximum Gasteiger partial charge on any atom is 0.163 e. The molecule has 1 aromatic heterocycles. The van der Waals surface area contributed by atoms with Gasteiger partial charge in [-0.1, -0.05) is 11.6 Å². The molecule has 2 heterocycles. The van der Waals surface area contributed by atoms with Crippen LogP contribution in [-0.4, -0.2) is 18.2 Å². The van der Waals surface area contributed by atoms with Crippen molar-refractivity contribution in [3.8, 4) is 17.2 Å². The van der Waals surface area contributed by atoms with Gasteiger partial charge in [0.1, 0.15) is 25.6 Å². The zero-order valence-electron chi connectivity index (χ0n) is 10.6. The lowest BCUT2D eigenvalue weighted by molar-refractivity contribution is 0.171. The molecule has 20 heavy (non-hydrogen) atoms. The molecule has 0 bridgehead atoms. The highest BCUT2D eigenvalue weighted by Gasteiger charge is 2.14. The number of nitrogens with two attached hydrogens (primary N) is 1. The summed E-state index contributed by atoms with van der Waals surface area (Å²) in [5.41, 5.74) is 7.41. The molecule has 0 fully saturated rings. The van der Waals surface area contributed by atoms with Crippen molar-refractivity contribution in [1.82, 2.24) is 4.98 Å². The maximum atomic E-state index is 5.98. The van der Waals surface area contributed by atoms with E-state index in [9.17, 15) is 0 Å². The zero-order valence-corrected chi connectivity index (χ0v) is 11.4. The SMILES string of the molecule is Nc1cc2c(cc1COc1cncc(Cl)c1)OCCO2. The van der Waals surface area contributed by atoms with Crippen LogP contribution >= 0.6 is 11.6 Å². The van der Waals surface area contributed by atoms with Crippen molar-refractivity contribution in [3.63, 3.8) is 0 Å². The highest BCUT2D eigenvalue weighted by Crippen LogP contribution is 2.34.